The molecule has 3 N–H and O–H groups in total. The fourth-order valence-electron chi connectivity index (χ4n) is 2.64. The normalized spacial score (nSPS) is 10.2. The van der Waals surface area contributed by atoms with E-state index in [2.05, 4.69) is 31.1 Å². The molecule has 2 aromatic carbocycles. The quantitative estimate of drug-likeness (QED) is 0.534. The highest BCUT2D eigenvalue weighted by Crippen LogP contribution is 2.27. The molecule has 1 aromatic heterocycles. The monoisotopic (exact) mass is 394 g/mol. The first-order valence-electron chi connectivity index (χ1n) is 8.86. The van der Waals surface area contributed by atoms with Gasteiger partial charge < -0.3 is 25.4 Å². The molecule has 0 saturated carbocycles. The number of benzene rings is 2. The van der Waals surface area contributed by atoms with Gasteiger partial charge in [0.1, 0.15) is 0 Å². The van der Waals surface area contributed by atoms with Crippen LogP contribution < -0.4 is 25.4 Å². The van der Waals surface area contributed by atoms with Crippen molar-refractivity contribution in [3.05, 3.63) is 54.2 Å². The van der Waals surface area contributed by atoms with Crippen molar-refractivity contribution in [2.45, 2.75) is 13.5 Å². The lowest BCUT2D eigenvalue weighted by atomic mass is 10.2. The van der Waals surface area contributed by atoms with Gasteiger partial charge in [0.25, 0.3) is 0 Å². The molecule has 150 valence electrons. The fourth-order valence-corrected chi connectivity index (χ4v) is 2.64. The maximum Gasteiger partial charge on any atom is 0.244 e. The van der Waals surface area contributed by atoms with Crippen molar-refractivity contribution in [3.8, 4) is 11.5 Å². The molecule has 9 nitrogen and oxygen atoms in total. The molecule has 0 aliphatic heterocycles. The summed E-state index contributed by atoms with van der Waals surface area (Å²) in [6.45, 7) is 1.95. The SMILES string of the molecule is COc1ccc(CNc2nncc(Nc3cccc(NC(C)=O)c3)n2)cc1OC. The summed E-state index contributed by atoms with van der Waals surface area (Å²) >= 11 is 0. The Morgan fingerprint density at radius 2 is 1.83 bits per heavy atom. The van der Waals surface area contributed by atoms with E-state index in [1.165, 1.54) is 13.1 Å². The van der Waals surface area contributed by atoms with Gasteiger partial charge >= 0.3 is 0 Å². The van der Waals surface area contributed by atoms with Crippen molar-refractivity contribution in [2.24, 2.45) is 0 Å². The van der Waals surface area contributed by atoms with Crippen LogP contribution in [0.2, 0.25) is 0 Å². The molecular weight excluding hydrogens is 372 g/mol. The lowest BCUT2D eigenvalue weighted by molar-refractivity contribution is -0.114. The Hall–Kier alpha value is -3.88. The van der Waals surface area contributed by atoms with E-state index >= 15 is 0 Å². The number of carbonyl (C=O) groups is 1. The third-order valence-corrected chi connectivity index (χ3v) is 3.91. The zero-order valence-corrected chi connectivity index (χ0v) is 16.4. The first kappa shape index (κ1) is 19.9. The lowest BCUT2D eigenvalue weighted by Crippen LogP contribution is -2.07. The molecule has 0 saturated heterocycles. The minimum absolute atomic E-state index is 0.132. The number of anilines is 4. The minimum Gasteiger partial charge on any atom is -0.493 e. The topological polar surface area (TPSA) is 110 Å². The molecular formula is C20H22N6O3. The number of methoxy groups -OCH3 is 2. The van der Waals surface area contributed by atoms with Crippen LogP contribution in [0.15, 0.2) is 48.7 Å². The van der Waals surface area contributed by atoms with Gasteiger partial charge in [-0.05, 0) is 35.9 Å². The largest absolute Gasteiger partial charge is 0.493 e. The molecule has 3 aromatic rings. The Morgan fingerprint density at radius 1 is 1.03 bits per heavy atom. The first-order chi connectivity index (χ1) is 14.1. The lowest BCUT2D eigenvalue weighted by Gasteiger charge is -2.11. The van der Waals surface area contributed by atoms with Crippen LogP contribution in [0.1, 0.15) is 12.5 Å². The number of hydrogen-bond acceptors (Lipinski definition) is 8. The zero-order valence-electron chi connectivity index (χ0n) is 16.4. The van der Waals surface area contributed by atoms with Gasteiger partial charge in [-0.25, -0.2) is 0 Å². The van der Waals surface area contributed by atoms with E-state index in [-0.39, 0.29) is 5.91 Å². The van der Waals surface area contributed by atoms with Gasteiger partial charge in [-0.1, -0.05) is 12.1 Å². The van der Waals surface area contributed by atoms with Crippen molar-refractivity contribution < 1.29 is 14.3 Å². The molecule has 1 heterocycles. The van der Waals surface area contributed by atoms with E-state index in [0.29, 0.717) is 35.5 Å². The molecule has 0 spiro atoms. The Labute approximate surface area is 168 Å². The van der Waals surface area contributed by atoms with Crippen molar-refractivity contribution >= 4 is 29.0 Å². The predicted octanol–water partition coefficient (Wildman–Crippen LogP) is 3.20. The summed E-state index contributed by atoms with van der Waals surface area (Å²) in [5, 5.41) is 17.0. The third-order valence-electron chi connectivity index (χ3n) is 3.91. The van der Waals surface area contributed by atoms with E-state index < -0.39 is 0 Å². The summed E-state index contributed by atoms with van der Waals surface area (Å²) in [6.07, 6.45) is 1.52. The van der Waals surface area contributed by atoms with Gasteiger partial charge in [-0.2, -0.15) is 10.1 Å². The van der Waals surface area contributed by atoms with Crippen LogP contribution in [-0.2, 0) is 11.3 Å². The maximum absolute atomic E-state index is 11.2. The second kappa shape index (κ2) is 9.36. The second-order valence-electron chi connectivity index (χ2n) is 6.10. The highest BCUT2D eigenvalue weighted by atomic mass is 16.5. The van der Waals surface area contributed by atoms with Crippen LogP contribution in [0, 0.1) is 0 Å². The number of rotatable bonds is 8. The van der Waals surface area contributed by atoms with Crippen molar-refractivity contribution in [1.29, 1.82) is 0 Å². The third kappa shape index (κ3) is 5.55. The van der Waals surface area contributed by atoms with Gasteiger partial charge in [0, 0.05) is 24.8 Å². The number of nitrogens with one attached hydrogen (secondary N) is 3. The molecule has 3 rings (SSSR count). The van der Waals surface area contributed by atoms with Gasteiger partial charge in [0.05, 0.1) is 20.4 Å². The minimum atomic E-state index is -0.132. The highest BCUT2D eigenvalue weighted by molar-refractivity contribution is 5.89. The van der Waals surface area contributed by atoms with Crippen molar-refractivity contribution in [2.75, 3.05) is 30.2 Å². The van der Waals surface area contributed by atoms with E-state index in [9.17, 15) is 4.79 Å². The molecule has 0 unspecified atom stereocenters. The van der Waals surface area contributed by atoms with E-state index in [1.807, 2.05) is 30.3 Å². The first-order valence-corrected chi connectivity index (χ1v) is 8.86. The number of amides is 1. The Balaban J connectivity index is 1.66. The van der Waals surface area contributed by atoms with Gasteiger partial charge in [0.2, 0.25) is 11.9 Å². The summed E-state index contributed by atoms with van der Waals surface area (Å²) < 4.78 is 10.6. The molecule has 0 aliphatic rings. The van der Waals surface area contributed by atoms with Crippen LogP contribution in [0.3, 0.4) is 0 Å². The van der Waals surface area contributed by atoms with Crippen LogP contribution in [-0.4, -0.2) is 35.3 Å². The summed E-state index contributed by atoms with van der Waals surface area (Å²) in [5.41, 5.74) is 2.44. The average molecular weight is 394 g/mol. The Bertz CT molecular complexity index is 995. The number of ether oxygens (including phenoxy) is 2. The standard InChI is InChI=1S/C20H22N6O3/c1-13(27)23-15-5-4-6-16(10-15)24-19-12-22-26-20(25-19)21-11-14-7-8-17(28-2)18(9-14)29-3/h4-10,12H,11H2,1-3H3,(H,23,27)(H2,21,24,25,26). The number of carbonyl (C=O) groups excluding carboxylic acids is 1. The summed E-state index contributed by atoms with van der Waals surface area (Å²) in [7, 11) is 3.19. The van der Waals surface area contributed by atoms with Crippen LogP contribution in [0.5, 0.6) is 11.5 Å². The van der Waals surface area contributed by atoms with E-state index in [0.717, 1.165) is 11.3 Å². The zero-order chi connectivity index (χ0) is 20.6. The molecule has 0 aliphatic carbocycles. The average Bonchev–Trinajstić information content (AvgIpc) is 2.72. The smallest absolute Gasteiger partial charge is 0.244 e. The maximum atomic E-state index is 11.2. The molecule has 29 heavy (non-hydrogen) atoms. The van der Waals surface area contributed by atoms with Crippen molar-refractivity contribution in [1.82, 2.24) is 15.2 Å². The Morgan fingerprint density at radius 3 is 2.59 bits per heavy atom. The predicted molar refractivity (Wildman–Crippen MR) is 111 cm³/mol. The number of aromatic nitrogens is 3. The van der Waals surface area contributed by atoms with E-state index in [4.69, 9.17) is 9.47 Å². The summed E-state index contributed by atoms with van der Waals surface area (Å²) in [4.78, 5) is 15.6. The molecule has 9 heteroatoms. The van der Waals surface area contributed by atoms with Crippen LogP contribution >= 0.6 is 0 Å². The van der Waals surface area contributed by atoms with Crippen molar-refractivity contribution in [3.63, 3.8) is 0 Å². The summed E-state index contributed by atoms with van der Waals surface area (Å²) in [6, 6.07) is 13.0. The Kier molecular flexibility index (Phi) is 6.41. The van der Waals surface area contributed by atoms with Gasteiger partial charge in [0.15, 0.2) is 17.3 Å². The van der Waals surface area contributed by atoms with E-state index in [1.54, 1.807) is 26.4 Å². The van der Waals surface area contributed by atoms with Gasteiger partial charge in [-0.15, -0.1) is 5.10 Å². The second-order valence-corrected chi connectivity index (χ2v) is 6.10. The summed E-state index contributed by atoms with van der Waals surface area (Å²) in [5.74, 6) is 2.09. The molecule has 1 amide bonds. The number of nitrogens with zero attached hydrogens (tertiary/aromatic N) is 3. The fraction of sp³-hybridized carbons (Fsp3) is 0.200. The van der Waals surface area contributed by atoms with Gasteiger partial charge in [-0.3, -0.25) is 4.79 Å². The number of hydrogen-bond donors (Lipinski definition) is 3. The van der Waals surface area contributed by atoms with Crippen LogP contribution in [0.4, 0.5) is 23.1 Å². The molecule has 0 fully saturated rings. The van der Waals surface area contributed by atoms with Crippen LogP contribution in [0.25, 0.3) is 0 Å². The highest BCUT2D eigenvalue weighted by Gasteiger charge is 2.06. The molecule has 0 bridgehead atoms. The molecule has 0 atom stereocenters. The molecule has 0 radical (unpaired) electrons.